The first-order valence-corrected chi connectivity index (χ1v) is 5.39. The Morgan fingerprint density at radius 2 is 1.82 bits per heavy atom. The van der Waals surface area contributed by atoms with Gasteiger partial charge in [0.2, 0.25) is 0 Å². The van der Waals surface area contributed by atoms with Crippen molar-refractivity contribution in [2.75, 3.05) is 0 Å². The lowest BCUT2D eigenvalue weighted by Gasteiger charge is -2.04. The molecule has 2 nitrogen and oxygen atoms in total. The van der Waals surface area contributed by atoms with Gasteiger partial charge in [0.1, 0.15) is 5.82 Å². The summed E-state index contributed by atoms with van der Waals surface area (Å²) in [6.07, 6.45) is 0. The smallest absolute Gasteiger partial charge is 0.181 e. The van der Waals surface area contributed by atoms with Crippen molar-refractivity contribution in [3.8, 4) is 11.4 Å². The third kappa shape index (κ3) is 2.37. The molecular formula is C11H6Cl2F2N2. The summed E-state index contributed by atoms with van der Waals surface area (Å²) in [5, 5.41) is -0.322. The molecule has 0 fully saturated rings. The van der Waals surface area contributed by atoms with Crippen LogP contribution in [0.25, 0.3) is 11.4 Å². The minimum absolute atomic E-state index is 0.0517. The number of aryl methyl sites for hydroxylation is 1. The zero-order valence-corrected chi connectivity index (χ0v) is 10.2. The van der Waals surface area contributed by atoms with Crippen LogP contribution in [-0.2, 0) is 0 Å². The van der Waals surface area contributed by atoms with Crippen LogP contribution in [0.2, 0.25) is 10.2 Å². The van der Waals surface area contributed by atoms with Gasteiger partial charge in [-0.25, -0.2) is 18.7 Å². The lowest BCUT2D eigenvalue weighted by Crippen LogP contribution is -1.97. The van der Waals surface area contributed by atoms with E-state index in [2.05, 4.69) is 9.97 Å². The van der Waals surface area contributed by atoms with Gasteiger partial charge in [0.05, 0.1) is 10.7 Å². The highest BCUT2D eigenvalue weighted by Crippen LogP contribution is 2.24. The first kappa shape index (κ1) is 12.2. The second-order valence-corrected chi connectivity index (χ2v) is 4.13. The predicted octanol–water partition coefficient (Wildman–Crippen LogP) is 4.04. The maximum Gasteiger partial charge on any atom is 0.181 e. The van der Waals surface area contributed by atoms with Gasteiger partial charge >= 0.3 is 0 Å². The molecule has 0 bridgehead atoms. The average Bonchev–Trinajstić information content (AvgIpc) is 2.29. The summed E-state index contributed by atoms with van der Waals surface area (Å²) in [7, 11) is 0. The molecule has 0 atom stereocenters. The summed E-state index contributed by atoms with van der Waals surface area (Å²) in [5.41, 5.74) is 0.599. The summed E-state index contributed by atoms with van der Waals surface area (Å²) < 4.78 is 26.2. The Morgan fingerprint density at radius 1 is 1.12 bits per heavy atom. The van der Waals surface area contributed by atoms with Crippen LogP contribution in [0.3, 0.4) is 0 Å². The third-order valence-electron chi connectivity index (χ3n) is 2.15. The van der Waals surface area contributed by atoms with Gasteiger partial charge < -0.3 is 0 Å². The van der Waals surface area contributed by atoms with Gasteiger partial charge in [-0.15, -0.1) is 0 Å². The van der Waals surface area contributed by atoms with Crippen LogP contribution in [0, 0.1) is 18.6 Å². The number of aromatic nitrogens is 2. The van der Waals surface area contributed by atoms with Gasteiger partial charge in [0, 0.05) is 5.56 Å². The van der Waals surface area contributed by atoms with Crippen molar-refractivity contribution in [1.29, 1.82) is 0 Å². The molecule has 0 unspecified atom stereocenters. The zero-order valence-electron chi connectivity index (χ0n) is 8.64. The monoisotopic (exact) mass is 274 g/mol. The molecule has 88 valence electrons. The number of rotatable bonds is 1. The van der Waals surface area contributed by atoms with E-state index in [1.54, 1.807) is 0 Å². The minimum atomic E-state index is -0.663. The lowest BCUT2D eigenvalue weighted by molar-refractivity contribution is 0.603. The Hall–Kier alpha value is -1.26. The molecule has 0 saturated carbocycles. The fourth-order valence-electron chi connectivity index (χ4n) is 1.29. The second-order valence-electron chi connectivity index (χ2n) is 3.37. The minimum Gasteiger partial charge on any atom is -0.230 e. The fourth-order valence-corrected chi connectivity index (χ4v) is 1.69. The van der Waals surface area contributed by atoms with Crippen molar-refractivity contribution < 1.29 is 8.78 Å². The highest BCUT2D eigenvalue weighted by molar-refractivity contribution is 6.31. The van der Waals surface area contributed by atoms with Crippen LogP contribution in [0.15, 0.2) is 18.2 Å². The molecule has 17 heavy (non-hydrogen) atoms. The van der Waals surface area contributed by atoms with Crippen molar-refractivity contribution in [1.82, 2.24) is 9.97 Å². The molecule has 1 aromatic heterocycles. The Balaban J connectivity index is 2.57. The lowest BCUT2D eigenvalue weighted by atomic mass is 10.2. The molecule has 0 amide bonds. The molecule has 0 saturated heterocycles. The van der Waals surface area contributed by atoms with Crippen molar-refractivity contribution in [2.24, 2.45) is 0 Å². The Kier molecular flexibility index (Phi) is 3.26. The van der Waals surface area contributed by atoms with Crippen molar-refractivity contribution in [3.63, 3.8) is 0 Å². The van der Waals surface area contributed by atoms with Crippen molar-refractivity contribution in [2.45, 2.75) is 6.92 Å². The van der Waals surface area contributed by atoms with Gasteiger partial charge in [-0.2, -0.15) is 0 Å². The summed E-state index contributed by atoms with van der Waals surface area (Å²) in [5.74, 6) is -1.00. The molecular weight excluding hydrogens is 269 g/mol. The van der Waals surface area contributed by atoms with Crippen LogP contribution < -0.4 is 0 Å². The van der Waals surface area contributed by atoms with Gasteiger partial charge in [0.25, 0.3) is 0 Å². The average molecular weight is 275 g/mol. The van der Waals surface area contributed by atoms with Crippen molar-refractivity contribution >= 4 is 23.2 Å². The van der Waals surface area contributed by atoms with E-state index in [-0.39, 0.29) is 21.7 Å². The molecule has 6 heteroatoms. The topological polar surface area (TPSA) is 25.8 Å². The van der Waals surface area contributed by atoms with E-state index >= 15 is 0 Å². The van der Waals surface area contributed by atoms with Crippen LogP contribution in [0.4, 0.5) is 8.78 Å². The maximum atomic E-state index is 13.2. The van der Waals surface area contributed by atoms with E-state index < -0.39 is 11.6 Å². The maximum absolute atomic E-state index is 13.2. The molecule has 0 radical (unpaired) electrons. The van der Waals surface area contributed by atoms with Crippen LogP contribution in [0.5, 0.6) is 0 Å². The summed E-state index contributed by atoms with van der Waals surface area (Å²) in [6.45, 7) is 1.47. The van der Waals surface area contributed by atoms with Crippen molar-refractivity contribution in [3.05, 3.63) is 45.7 Å². The van der Waals surface area contributed by atoms with Crippen LogP contribution >= 0.6 is 23.2 Å². The van der Waals surface area contributed by atoms with Gasteiger partial charge in [-0.1, -0.05) is 23.2 Å². The largest absolute Gasteiger partial charge is 0.230 e. The number of benzene rings is 1. The second kappa shape index (κ2) is 4.55. The first-order valence-electron chi connectivity index (χ1n) is 4.64. The number of nitrogens with zero attached hydrogens (tertiary/aromatic N) is 2. The highest BCUT2D eigenvalue weighted by atomic mass is 35.5. The Labute approximate surface area is 106 Å². The molecule has 1 aromatic carbocycles. The van der Waals surface area contributed by atoms with E-state index in [4.69, 9.17) is 23.2 Å². The van der Waals surface area contributed by atoms with Gasteiger partial charge in [-0.3, -0.25) is 0 Å². The molecule has 0 aliphatic heterocycles. The number of halogens is 4. The van der Waals surface area contributed by atoms with Crippen LogP contribution in [-0.4, -0.2) is 9.97 Å². The van der Waals surface area contributed by atoms with E-state index in [1.165, 1.54) is 25.1 Å². The van der Waals surface area contributed by atoms with E-state index in [0.29, 0.717) is 5.56 Å². The zero-order chi connectivity index (χ0) is 12.6. The normalized spacial score (nSPS) is 10.6. The Bertz CT molecular complexity index is 565. The molecule has 2 aromatic rings. The van der Waals surface area contributed by atoms with Gasteiger partial charge in [0.15, 0.2) is 16.8 Å². The molecule has 0 aliphatic rings. The molecule has 0 spiro atoms. The molecule has 2 rings (SSSR count). The molecule has 0 N–H and O–H groups in total. The Morgan fingerprint density at radius 3 is 2.41 bits per heavy atom. The molecule has 0 aliphatic carbocycles. The predicted molar refractivity (Wildman–Crippen MR) is 62.1 cm³/mol. The summed E-state index contributed by atoms with van der Waals surface area (Å²) >= 11 is 11.2. The SMILES string of the molecule is Cc1nc(-c2ccc(F)c(Cl)c2)nc(Cl)c1F. The third-order valence-corrected chi connectivity index (χ3v) is 2.69. The van der Waals surface area contributed by atoms with E-state index in [9.17, 15) is 8.78 Å². The van der Waals surface area contributed by atoms with E-state index in [0.717, 1.165) is 0 Å². The first-order chi connectivity index (χ1) is 7.99. The number of hydrogen-bond donors (Lipinski definition) is 0. The fraction of sp³-hybridized carbons (Fsp3) is 0.0909. The number of hydrogen-bond acceptors (Lipinski definition) is 2. The quantitative estimate of drug-likeness (QED) is 0.734. The highest BCUT2D eigenvalue weighted by Gasteiger charge is 2.12. The summed E-state index contributed by atoms with van der Waals surface area (Å²) in [4.78, 5) is 7.70. The van der Waals surface area contributed by atoms with Crippen LogP contribution in [0.1, 0.15) is 5.69 Å². The summed E-state index contributed by atoms with van der Waals surface area (Å²) in [6, 6.07) is 4.00. The van der Waals surface area contributed by atoms with E-state index in [1.807, 2.05) is 0 Å². The van der Waals surface area contributed by atoms with Gasteiger partial charge in [-0.05, 0) is 25.1 Å². The molecule has 1 heterocycles. The standard InChI is InChI=1S/C11H6Cl2F2N2/c1-5-9(15)10(13)17-11(16-5)6-2-3-8(14)7(12)4-6/h2-4H,1H3.